The summed E-state index contributed by atoms with van der Waals surface area (Å²) >= 11 is 7.49. The smallest absolute Gasteiger partial charge is 0.236 e. The van der Waals surface area contributed by atoms with E-state index in [4.69, 9.17) is 16.0 Å². The number of hydrogen-bond donors (Lipinski definition) is 0. The quantitative estimate of drug-likeness (QED) is 0.781. The fourth-order valence-electron chi connectivity index (χ4n) is 1.97. The summed E-state index contributed by atoms with van der Waals surface area (Å²) in [5.74, 6) is 0.870. The molecule has 4 nitrogen and oxygen atoms in total. The average molecular weight is 327 g/mol. The van der Waals surface area contributed by atoms with Crippen molar-refractivity contribution in [2.45, 2.75) is 20.0 Å². The van der Waals surface area contributed by atoms with Crippen LogP contribution >= 0.6 is 22.9 Å². The first-order valence-corrected chi connectivity index (χ1v) is 8.01. The van der Waals surface area contributed by atoms with Crippen LogP contribution in [0.1, 0.15) is 17.6 Å². The first kappa shape index (κ1) is 16.1. The maximum Gasteiger partial charge on any atom is 0.236 e. The van der Waals surface area contributed by atoms with E-state index < -0.39 is 0 Å². The second-order valence-corrected chi connectivity index (χ2v) is 6.64. The van der Waals surface area contributed by atoms with Crippen LogP contribution in [0.2, 0.25) is 4.34 Å². The third kappa shape index (κ3) is 4.88. The number of likely N-dealkylation sites (N-methyl/N-ethyl adjacent to an activating group) is 2. The lowest BCUT2D eigenvalue weighted by Crippen LogP contribution is -2.37. The van der Waals surface area contributed by atoms with Gasteiger partial charge in [0.15, 0.2) is 0 Å². The summed E-state index contributed by atoms with van der Waals surface area (Å²) < 4.78 is 6.04. The molecule has 0 spiro atoms. The molecule has 6 heteroatoms. The molecular weight excluding hydrogens is 308 g/mol. The van der Waals surface area contributed by atoms with Crippen LogP contribution < -0.4 is 0 Å². The number of carbonyl (C=O) groups is 1. The molecule has 0 aliphatic rings. The molecule has 2 rings (SSSR count). The van der Waals surface area contributed by atoms with E-state index in [1.807, 2.05) is 24.3 Å². The molecule has 0 saturated carbocycles. The minimum absolute atomic E-state index is 0.0795. The molecule has 0 bridgehead atoms. The van der Waals surface area contributed by atoms with Gasteiger partial charge in [0.2, 0.25) is 5.91 Å². The largest absolute Gasteiger partial charge is 0.467 e. The molecule has 0 fully saturated rings. The molecule has 2 aromatic rings. The van der Waals surface area contributed by atoms with Gasteiger partial charge in [0, 0.05) is 18.5 Å². The van der Waals surface area contributed by atoms with Crippen LogP contribution in [0, 0.1) is 0 Å². The van der Waals surface area contributed by atoms with Crippen molar-refractivity contribution in [3.05, 3.63) is 45.5 Å². The highest BCUT2D eigenvalue weighted by molar-refractivity contribution is 7.16. The molecule has 0 unspecified atom stereocenters. The van der Waals surface area contributed by atoms with Gasteiger partial charge in [-0.15, -0.1) is 11.3 Å². The van der Waals surface area contributed by atoms with Gasteiger partial charge >= 0.3 is 0 Å². The Morgan fingerprint density at radius 1 is 1.33 bits per heavy atom. The topological polar surface area (TPSA) is 36.7 Å². The fraction of sp³-hybridized carbons (Fsp3) is 0.400. The van der Waals surface area contributed by atoms with Gasteiger partial charge in [-0.05, 0) is 30.8 Å². The number of amides is 1. The van der Waals surface area contributed by atoms with Crippen molar-refractivity contribution in [2.24, 2.45) is 0 Å². The van der Waals surface area contributed by atoms with Crippen LogP contribution in [0.15, 0.2) is 34.9 Å². The number of thiophene rings is 1. The molecule has 2 heterocycles. The SMILES string of the molecule is CCN(CC(=O)N(C)Cc1ccco1)Cc1ccc(Cl)s1. The molecule has 0 aliphatic heterocycles. The Morgan fingerprint density at radius 3 is 2.71 bits per heavy atom. The van der Waals surface area contributed by atoms with Crippen LogP contribution in [0.4, 0.5) is 0 Å². The Balaban J connectivity index is 1.86. The van der Waals surface area contributed by atoms with Crippen LogP contribution in [0.5, 0.6) is 0 Å². The highest BCUT2D eigenvalue weighted by Gasteiger charge is 2.15. The molecular formula is C15H19ClN2O2S. The zero-order valence-electron chi connectivity index (χ0n) is 12.2. The predicted octanol–water partition coefficient (Wildman–Crippen LogP) is 3.48. The molecule has 21 heavy (non-hydrogen) atoms. The number of nitrogens with zero attached hydrogens (tertiary/aromatic N) is 2. The molecule has 0 atom stereocenters. The molecule has 0 saturated heterocycles. The van der Waals surface area contributed by atoms with Crippen molar-refractivity contribution in [1.82, 2.24) is 9.80 Å². The van der Waals surface area contributed by atoms with E-state index in [1.54, 1.807) is 29.5 Å². The normalized spacial score (nSPS) is 11.0. The average Bonchev–Trinajstić information content (AvgIpc) is 3.09. The third-order valence-electron chi connectivity index (χ3n) is 3.21. The molecule has 0 aromatic carbocycles. The van der Waals surface area contributed by atoms with Crippen molar-refractivity contribution in [3.8, 4) is 0 Å². The zero-order valence-corrected chi connectivity index (χ0v) is 13.8. The Kier molecular flexibility index (Phi) is 5.85. The van der Waals surface area contributed by atoms with Gasteiger partial charge in [0.25, 0.3) is 0 Å². The lowest BCUT2D eigenvalue weighted by Gasteiger charge is -2.23. The molecule has 0 N–H and O–H groups in total. The van der Waals surface area contributed by atoms with Crippen LogP contribution in [0.25, 0.3) is 0 Å². The van der Waals surface area contributed by atoms with Crippen LogP contribution in [-0.2, 0) is 17.9 Å². The summed E-state index contributed by atoms with van der Waals surface area (Å²) in [5.41, 5.74) is 0. The third-order valence-corrected chi connectivity index (χ3v) is 4.43. The van der Waals surface area contributed by atoms with Gasteiger partial charge in [-0.1, -0.05) is 18.5 Å². The second kappa shape index (κ2) is 7.64. The summed E-state index contributed by atoms with van der Waals surface area (Å²) in [7, 11) is 1.79. The van der Waals surface area contributed by atoms with E-state index in [0.717, 1.165) is 23.2 Å². The minimum atomic E-state index is 0.0795. The molecule has 0 radical (unpaired) electrons. The maximum absolute atomic E-state index is 12.3. The first-order valence-electron chi connectivity index (χ1n) is 6.81. The minimum Gasteiger partial charge on any atom is -0.467 e. The van der Waals surface area contributed by atoms with Gasteiger partial charge in [-0.2, -0.15) is 0 Å². The molecule has 0 aliphatic carbocycles. The summed E-state index contributed by atoms with van der Waals surface area (Å²) in [4.78, 5) is 17.2. The van der Waals surface area contributed by atoms with Crippen molar-refractivity contribution < 1.29 is 9.21 Å². The van der Waals surface area contributed by atoms with Gasteiger partial charge in [0.1, 0.15) is 5.76 Å². The Bertz CT molecular complexity index is 568. The van der Waals surface area contributed by atoms with Crippen LogP contribution in [0.3, 0.4) is 0 Å². The fourth-order valence-corrected chi connectivity index (χ4v) is 3.10. The van der Waals surface area contributed by atoms with Crippen molar-refractivity contribution in [2.75, 3.05) is 20.1 Å². The van der Waals surface area contributed by atoms with Crippen LogP contribution in [-0.4, -0.2) is 35.8 Å². The monoisotopic (exact) mass is 326 g/mol. The standard InChI is InChI=1S/C15H19ClN2O2S/c1-3-18(10-13-6-7-14(16)21-13)11-15(19)17(2)9-12-5-4-8-20-12/h4-8H,3,9-11H2,1-2H3. The first-order chi connectivity index (χ1) is 10.1. The Morgan fingerprint density at radius 2 is 2.14 bits per heavy atom. The number of hydrogen-bond acceptors (Lipinski definition) is 4. The van der Waals surface area contributed by atoms with Crippen molar-refractivity contribution in [1.29, 1.82) is 0 Å². The number of halogens is 1. The van der Waals surface area contributed by atoms with E-state index in [0.29, 0.717) is 13.1 Å². The Hall–Kier alpha value is -1.30. The summed E-state index contributed by atoms with van der Waals surface area (Å²) in [6, 6.07) is 7.59. The van der Waals surface area contributed by atoms with E-state index in [1.165, 1.54) is 4.88 Å². The number of carbonyl (C=O) groups excluding carboxylic acids is 1. The molecule has 114 valence electrons. The van der Waals surface area contributed by atoms with E-state index in [9.17, 15) is 4.79 Å². The van der Waals surface area contributed by atoms with Gasteiger partial charge < -0.3 is 9.32 Å². The second-order valence-electron chi connectivity index (χ2n) is 4.84. The molecule has 1 amide bonds. The summed E-state index contributed by atoms with van der Waals surface area (Å²) in [5, 5.41) is 0. The Labute approximate surface area is 133 Å². The summed E-state index contributed by atoms with van der Waals surface area (Å²) in [6.45, 7) is 4.50. The zero-order chi connectivity index (χ0) is 15.2. The van der Waals surface area contributed by atoms with E-state index >= 15 is 0 Å². The van der Waals surface area contributed by atoms with Gasteiger partial charge in [-0.3, -0.25) is 9.69 Å². The summed E-state index contributed by atoms with van der Waals surface area (Å²) in [6.07, 6.45) is 1.62. The van der Waals surface area contributed by atoms with E-state index in [-0.39, 0.29) is 5.91 Å². The number of rotatable bonds is 7. The van der Waals surface area contributed by atoms with Crippen molar-refractivity contribution in [3.63, 3.8) is 0 Å². The lowest BCUT2D eigenvalue weighted by atomic mass is 10.3. The highest BCUT2D eigenvalue weighted by atomic mass is 35.5. The molecule has 2 aromatic heterocycles. The van der Waals surface area contributed by atoms with Gasteiger partial charge in [0.05, 0.1) is 23.7 Å². The number of furan rings is 1. The lowest BCUT2D eigenvalue weighted by molar-refractivity contribution is -0.132. The highest BCUT2D eigenvalue weighted by Crippen LogP contribution is 2.22. The van der Waals surface area contributed by atoms with Gasteiger partial charge in [-0.25, -0.2) is 0 Å². The predicted molar refractivity (Wildman–Crippen MR) is 85.5 cm³/mol. The maximum atomic E-state index is 12.3. The van der Waals surface area contributed by atoms with Crippen molar-refractivity contribution >= 4 is 28.8 Å². The van der Waals surface area contributed by atoms with E-state index in [2.05, 4.69) is 11.8 Å².